The molecule has 1 fully saturated rings. The van der Waals surface area contributed by atoms with E-state index in [-0.39, 0.29) is 35.8 Å². The molecule has 1 aromatic carbocycles. The second kappa shape index (κ2) is 10.9. The molecular weight excluding hydrogens is 452 g/mol. The molecule has 0 spiro atoms. The average Bonchev–Trinajstić information content (AvgIpc) is 2.60. The summed E-state index contributed by atoms with van der Waals surface area (Å²) in [6.45, 7) is 6.00. The van der Waals surface area contributed by atoms with E-state index in [1.165, 1.54) is 13.2 Å². The van der Waals surface area contributed by atoms with Gasteiger partial charge in [-0.1, -0.05) is 6.07 Å². The topological polar surface area (TPSA) is 75.1 Å². The van der Waals surface area contributed by atoms with Gasteiger partial charge in [0.1, 0.15) is 0 Å². The third-order valence-corrected chi connectivity index (χ3v) is 4.33. The minimum atomic E-state index is -0.823. The molecule has 0 radical (unpaired) electrons. The van der Waals surface area contributed by atoms with Gasteiger partial charge in [-0.2, -0.15) is 0 Å². The second-order valence-electron chi connectivity index (χ2n) is 6.29. The summed E-state index contributed by atoms with van der Waals surface area (Å²) in [7, 11) is 1.44. The highest BCUT2D eigenvalue weighted by molar-refractivity contribution is 14.0. The SMILES string of the molecule is CCNC(=NCC1(O)CCOCC1)NC(C)c1ccc(OC)c(F)c1.I. The zero-order valence-corrected chi connectivity index (χ0v) is 17.9. The fraction of sp³-hybridized carbons (Fsp3) is 0.611. The van der Waals surface area contributed by atoms with Crippen LogP contribution >= 0.6 is 24.0 Å². The summed E-state index contributed by atoms with van der Waals surface area (Å²) >= 11 is 0. The number of rotatable bonds is 6. The maximum atomic E-state index is 13.9. The second-order valence-corrected chi connectivity index (χ2v) is 6.29. The van der Waals surface area contributed by atoms with Crippen LogP contribution in [-0.2, 0) is 4.74 Å². The average molecular weight is 481 g/mol. The van der Waals surface area contributed by atoms with E-state index < -0.39 is 11.4 Å². The molecule has 1 aliphatic rings. The summed E-state index contributed by atoms with van der Waals surface area (Å²) in [5.74, 6) is 0.413. The fourth-order valence-corrected chi connectivity index (χ4v) is 2.70. The van der Waals surface area contributed by atoms with Crippen LogP contribution in [0.2, 0.25) is 0 Å². The standard InChI is InChI=1S/C18H28FN3O3.HI/c1-4-20-17(21-12-18(23)7-9-25-10-8-18)22-13(2)14-5-6-16(24-3)15(19)11-14;/h5-6,11,13,23H,4,7-10,12H2,1-3H3,(H2,20,21,22);1H. The molecule has 0 aromatic heterocycles. The maximum absolute atomic E-state index is 13.9. The lowest BCUT2D eigenvalue weighted by molar-refractivity contribution is -0.0566. The van der Waals surface area contributed by atoms with E-state index in [0.29, 0.717) is 45.1 Å². The van der Waals surface area contributed by atoms with Crippen LogP contribution in [0.25, 0.3) is 0 Å². The number of ether oxygens (including phenoxy) is 2. The predicted octanol–water partition coefficient (Wildman–Crippen LogP) is 2.61. The number of nitrogens with one attached hydrogen (secondary N) is 2. The largest absolute Gasteiger partial charge is 0.494 e. The van der Waals surface area contributed by atoms with Crippen molar-refractivity contribution in [1.82, 2.24) is 10.6 Å². The molecule has 0 bridgehead atoms. The van der Waals surface area contributed by atoms with Gasteiger partial charge in [-0.15, -0.1) is 24.0 Å². The van der Waals surface area contributed by atoms with E-state index in [9.17, 15) is 9.50 Å². The van der Waals surface area contributed by atoms with Gasteiger partial charge in [-0.05, 0) is 31.5 Å². The van der Waals surface area contributed by atoms with Gasteiger partial charge in [0, 0.05) is 32.6 Å². The van der Waals surface area contributed by atoms with Gasteiger partial charge in [0.25, 0.3) is 0 Å². The van der Waals surface area contributed by atoms with Crippen LogP contribution in [0.5, 0.6) is 5.75 Å². The molecule has 1 aliphatic heterocycles. The van der Waals surface area contributed by atoms with Crippen LogP contribution in [-0.4, -0.2) is 50.1 Å². The molecule has 148 valence electrons. The highest BCUT2D eigenvalue weighted by Gasteiger charge is 2.29. The third kappa shape index (κ3) is 6.55. The van der Waals surface area contributed by atoms with E-state index in [4.69, 9.17) is 9.47 Å². The van der Waals surface area contributed by atoms with Crippen LogP contribution in [0.1, 0.15) is 38.3 Å². The summed E-state index contributed by atoms with van der Waals surface area (Å²) in [5, 5.41) is 16.9. The van der Waals surface area contributed by atoms with E-state index in [0.717, 1.165) is 5.56 Å². The lowest BCUT2D eigenvalue weighted by atomic mass is 9.95. The fourth-order valence-electron chi connectivity index (χ4n) is 2.70. The number of halogens is 2. The Labute approximate surface area is 171 Å². The summed E-state index contributed by atoms with van der Waals surface area (Å²) in [6, 6.07) is 4.72. The first-order valence-electron chi connectivity index (χ1n) is 8.66. The van der Waals surface area contributed by atoms with E-state index >= 15 is 0 Å². The van der Waals surface area contributed by atoms with Gasteiger partial charge in [-0.3, -0.25) is 4.99 Å². The lowest BCUT2D eigenvalue weighted by Crippen LogP contribution is -2.43. The molecule has 1 saturated heterocycles. The maximum Gasteiger partial charge on any atom is 0.191 e. The number of hydrogen-bond acceptors (Lipinski definition) is 4. The summed E-state index contributed by atoms with van der Waals surface area (Å²) < 4.78 is 24.1. The Hall–Kier alpha value is -1.13. The molecule has 0 saturated carbocycles. The van der Waals surface area contributed by atoms with Crippen molar-refractivity contribution in [2.24, 2.45) is 4.99 Å². The Balaban J connectivity index is 0.00000338. The molecule has 1 atom stereocenters. The van der Waals surface area contributed by atoms with Crippen LogP contribution in [0, 0.1) is 5.82 Å². The minimum absolute atomic E-state index is 0. The summed E-state index contributed by atoms with van der Waals surface area (Å²) in [6.07, 6.45) is 1.16. The van der Waals surface area contributed by atoms with Crippen molar-refractivity contribution in [2.45, 2.75) is 38.3 Å². The molecule has 0 amide bonds. The Morgan fingerprint density at radius 3 is 2.69 bits per heavy atom. The van der Waals surface area contributed by atoms with Gasteiger partial charge in [0.15, 0.2) is 17.5 Å². The van der Waals surface area contributed by atoms with Crippen molar-refractivity contribution in [3.8, 4) is 5.75 Å². The predicted molar refractivity (Wildman–Crippen MR) is 111 cm³/mol. The van der Waals surface area contributed by atoms with Crippen molar-refractivity contribution in [3.05, 3.63) is 29.6 Å². The number of methoxy groups -OCH3 is 1. The Morgan fingerprint density at radius 1 is 1.42 bits per heavy atom. The Morgan fingerprint density at radius 2 is 2.12 bits per heavy atom. The van der Waals surface area contributed by atoms with Crippen LogP contribution in [0.4, 0.5) is 4.39 Å². The number of hydrogen-bond donors (Lipinski definition) is 3. The molecular formula is C18H29FIN3O3. The highest BCUT2D eigenvalue weighted by Crippen LogP contribution is 2.22. The number of nitrogens with zero attached hydrogens (tertiary/aromatic N) is 1. The van der Waals surface area contributed by atoms with Gasteiger partial charge >= 0.3 is 0 Å². The Bertz CT molecular complexity index is 595. The zero-order valence-electron chi connectivity index (χ0n) is 15.5. The number of aliphatic imine (C=N–C) groups is 1. The normalized spacial score (nSPS) is 17.8. The minimum Gasteiger partial charge on any atom is -0.494 e. The van der Waals surface area contributed by atoms with Crippen LogP contribution in [0.3, 0.4) is 0 Å². The van der Waals surface area contributed by atoms with Crippen LogP contribution in [0.15, 0.2) is 23.2 Å². The molecule has 1 unspecified atom stereocenters. The van der Waals surface area contributed by atoms with Crippen molar-refractivity contribution in [1.29, 1.82) is 0 Å². The molecule has 1 heterocycles. The number of aliphatic hydroxyl groups is 1. The van der Waals surface area contributed by atoms with Crippen molar-refractivity contribution in [3.63, 3.8) is 0 Å². The molecule has 1 aromatic rings. The summed E-state index contributed by atoms with van der Waals surface area (Å²) in [5.41, 5.74) is -0.0375. The first-order chi connectivity index (χ1) is 12.0. The van der Waals surface area contributed by atoms with Crippen molar-refractivity contribution in [2.75, 3.05) is 33.4 Å². The molecule has 8 heteroatoms. The third-order valence-electron chi connectivity index (χ3n) is 4.33. The van der Waals surface area contributed by atoms with Crippen LogP contribution < -0.4 is 15.4 Å². The zero-order chi connectivity index (χ0) is 18.3. The summed E-state index contributed by atoms with van der Waals surface area (Å²) in [4.78, 5) is 4.50. The Kier molecular flexibility index (Phi) is 9.59. The van der Waals surface area contributed by atoms with Gasteiger partial charge in [-0.25, -0.2) is 4.39 Å². The van der Waals surface area contributed by atoms with E-state index in [2.05, 4.69) is 15.6 Å². The lowest BCUT2D eigenvalue weighted by Gasteiger charge is -2.30. The van der Waals surface area contributed by atoms with E-state index in [1.807, 2.05) is 19.9 Å². The molecule has 26 heavy (non-hydrogen) atoms. The highest BCUT2D eigenvalue weighted by atomic mass is 127. The van der Waals surface area contributed by atoms with Crippen molar-refractivity contribution >= 4 is 29.9 Å². The first kappa shape index (κ1) is 22.9. The molecule has 2 rings (SSSR count). The molecule has 6 nitrogen and oxygen atoms in total. The van der Waals surface area contributed by atoms with Gasteiger partial charge in [0.2, 0.25) is 0 Å². The van der Waals surface area contributed by atoms with Gasteiger partial charge in [0.05, 0.1) is 25.3 Å². The monoisotopic (exact) mass is 481 g/mol. The molecule has 0 aliphatic carbocycles. The number of benzene rings is 1. The molecule has 3 N–H and O–H groups in total. The van der Waals surface area contributed by atoms with Crippen molar-refractivity contribution < 1.29 is 19.0 Å². The van der Waals surface area contributed by atoms with Gasteiger partial charge < -0.3 is 25.2 Å². The quantitative estimate of drug-likeness (QED) is 0.331. The first-order valence-corrected chi connectivity index (χ1v) is 8.66. The smallest absolute Gasteiger partial charge is 0.191 e. The number of guanidine groups is 1. The van der Waals surface area contributed by atoms with E-state index in [1.54, 1.807) is 6.07 Å².